The second-order valence-electron chi connectivity index (χ2n) is 3.73. The van der Waals surface area contributed by atoms with Gasteiger partial charge in [-0.15, -0.1) is 0 Å². The summed E-state index contributed by atoms with van der Waals surface area (Å²) in [6.07, 6.45) is 5.35. The molecule has 0 spiro atoms. The molecule has 0 nitrogen and oxygen atoms in total. The van der Waals surface area contributed by atoms with Gasteiger partial charge in [0.2, 0.25) is 0 Å². The molecular formula is C13H19. The Bertz CT molecular complexity index is 213. The molecule has 13 heavy (non-hydrogen) atoms. The highest BCUT2D eigenvalue weighted by atomic mass is 14.1. The van der Waals surface area contributed by atoms with Crippen LogP contribution in [0.2, 0.25) is 0 Å². The zero-order chi connectivity index (χ0) is 9.52. The Kier molecular flexibility index (Phi) is 4.59. The van der Waals surface area contributed by atoms with E-state index in [4.69, 9.17) is 0 Å². The minimum Gasteiger partial charge on any atom is -0.0654 e. The molecule has 1 rings (SSSR count). The fraction of sp³-hybridized carbons (Fsp3) is 0.538. The van der Waals surface area contributed by atoms with Crippen LogP contribution in [0.1, 0.15) is 51.0 Å². The predicted molar refractivity (Wildman–Crippen MR) is 57.8 cm³/mol. The summed E-state index contributed by atoms with van der Waals surface area (Å²) in [5.41, 5.74) is 1.45. The maximum absolute atomic E-state index is 3.05. The molecule has 0 aliphatic rings. The van der Waals surface area contributed by atoms with Crippen molar-refractivity contribution in [1.82, 2.24) is 0 Å². The highest BCUT2D eigenvalue weighted by molar-refractivity contribution is 5.17. The van der Waals surface area contributed by atoms with E-state index in [9.17, 15) is 0 Å². The topological polar surface area (TPSA) is 0 Å². The highest BCUT2D eigenvalue weighted by Gasteiger charge is 2.03. The average molecular weight is 175 g/mol. The van der Waals surface area contributed by atoms with Crippen LogP contribution in [0.15, 0.2) is 24.3 Å². The van der Waals surface area contributed by atoms with E-state index in [-0.39, 0.29) is 0 Å². The third-order valence-electron chi connectivity index (χ3n) is 2.55. The molecule has 0 saturated carbocycles. The van der Waals surface area contributed by atoms with Crippen molar-refractivity contribution in [2.24, 2.45) is 0 Å². The highest BCUT2D eigenvalue weighted by Crippen LogP contribution is 2.20. The van der Waals surface area contributed by atoms with E-state index in [0.29, 0.717) is 5.92 Å². The first-order chi connectivity index (χ1) is 6.34. The molecule has 0 bridgehead atoms. The smallest absolute Gasteiger partial charge is 0.0184 e. The van der Waals surface area contributed by atoms with Gasteiger partial charge in [0.1, 0.15) is 0 Å². The van der Waals surface area contributed by atoms with Crippen LogP contribution >= 0.6 is 0 Å². The zero-order valence-electron chi connectivity index (χ0n) is 8.72. The SMILES string of the molecule is CCCCCC(C)c1cc[c]cc1. The number of benzene rings is 1. The van der Waals surface area contributed by atoms with Gasteiger partial charge < -0.3 is 0 Å². The second kappa shape index (κ2) is 5.80. The zero-order valence-corrected chi connectivity index (χ0v) is 8.72. The molecule has 1 radical (unpaired) electrons. The Balaban J connectivity index is 2.35. The summed E-state index contributed by atoms with van der Waals surface area (Å²) < 4.78 is 0. The standard InChI is InChI=1S/C13H19/c1-3-4-6-9-12(2)13-10-7-5-8-11-13/h7-8,10-12H,3-4,6,9H2,1-2H3. The monoisotopic (exact) mass is 175 g/mol. The Hall–Kier alpha value is -0.780. The minimum absolute atomic E-state index is 0.709. The third-order valence-corrected chi connectivity index (χ3v) is 2.55. The maximum atomic E-state index is 3.05. The summed E-state index contributed by atoms with van der Waals surface area (Å²) in [7, 11) is 0. The van der Waals surface area contributed by atoms with Crippen molar-refractivity contribution in [3.8, 4) is 0 Å². The lowest BCUT2D eigenvalue weighted by Gasteiger charge is -2.10. The first-order valence-electron chi connectivity index (χ1n) is 5.30. The Morgan fingerprint density at radius 3 is 2.54 bits per heavy atom. The lowest BCUT2D eigenvalue weighted by molar-refractivity contribution is 0.598. The average Bonchev–Trinajstić information content (AvgIpc) is 2.19. The van der Waals surface area contributed by atoms with E-state index in [1.807, 2.05) is 12.1 Å². The van der Waals surface area contributed by atoms with Gasteiger partial charge in [-0.2, -0.15) is 0 Å². The maximum Gasteiger partial charge on any atom is -0.0184 e. The Labute approximate surface area is 82.0 Å². The van der Waals surface area contributed by atoms with E-state index < -0.39 is 0 Å². The first kappa shape index (κ1) is 10.3. The van der Waals surface area contributed by atoms with Crippen LogP contribution in [0, 0.1) is 6.07 Å². The van der Waals surface area contributed by atoms with E-state index in [1.165, 1.54) is 31.2 Å². The summed E-state index contributed by atoms with van der Waals surface area (Å²) in [4.78, 5) is 0. The van der Waals surface area contributed by atoms with Crippen molar-refractivity contribution in [3.05, 3.63) is 35.9 Å². The van der Waals surface area contributed by atoms with Gasteiger partial charge in [0.25, 0.3) is 0 Å². The van der Waals surface area contributed by atoms with E-state index in [0.717, 1.165) is 0 Å². The van der Waals surface area contributed by atoms with Crippen LogP contribution in [-0.2, 0) is 0 Å². The fourth-order valence-corrected chi connectivity index (χ4v) is 1.60. The van der Waals surface area contributed by atoms with Gasteiger partial charge in [-0.25, -0.2) is 0 Å². The van der Waals surface area contributed by atoms with Gasteiger partial charge >= 0.3 is 0 Å². The number of rotatable bonds is 5. The molecule has 1 aromatic rings. The molecule has 0 heteroatoms. The minimum atomic E-state index is 0.709. The van der Waals surface area contributed by atoms with Crippen molar-refractivity contribution in [1.29, 1.82) is 0 Å². The molecular weight excluding hydrogens is 156 g/mol. The molecule has 0 fully saturated rings. The van der Waals surface area contributed by atoms with E-state index >= 15 is 0 Å². The Morgan fingerprint density at radius 1 is 1.23 bits per heavy atom. The largest absolute Gasteiger partial charge is 0.0654 e. The Morgan fingerprint density at radius 2 is 1.92 bits per heavy atom. The molecule has 0 N–H and O–H groups in total. The molecule has 71 valence electrons. The quantitative estimate of drug-likeness (QED) is 0.589. The van der Waals surface area contributed by atoms with Crippen LogP contribution in [0.25, 0.3) is 0 Å². The van der Waals surface area contributed by atoms with Crippen molar-refractivity contribution in [2.75, 3.05) is 0 Å². The molecule has 0 amide bonds. The molecule has 0 aliphatic carbocycles. The third kappa shape index (κ3) is 3.63. The number of unbranched alkanes of at least 4 members (excludes halogenated alkanes) is 2. The second-order valence-corrected chi connectivity index (χ2v) is 3.73. The predicted octanol–water partition coefficient (Wildman–Crippen LogP) is 4.17. The molecule has 1 atom stereocenters. The van der Waals surface area contributed by atoms with Crippen LogP contribution < -0.4 is 0 Å². The molecule has 0 saturated heterocycles. The van der Waals surface area contributed by atoms with Crippen molar-refractivity contribution >= 4 is 0 Å². The summed E-state index contributed by atoms with van der Waals surface area (Å²) in [5, 5.41) is 0. The first-order valence-corrected chi connectivity index (χ1v) is 5.30. The fourth-order valence-electron chi connectivity index (χ4n) is 1.60. The van der Waals surface area contributed by atoms with Gasteiger partial charge in [0.05, 0.1) is 0 Å². The lowest BCUT2D eigenvalue weighted by atomic mass is 9.95. The van der Waals surface area contributed by atoms with Crippen LogP contribution in [0.3, 0.4) is 0 Å². The number of hydrogen-bond acceptors (Lipinski definition) is 0. The van der Waals surface area contributed by atoms with Crippen molar-refractivity contribution < 1.29 is 0 Å². The molecule has 1 aromatic carbocycles. The van der Waals surface area contributed by atoms with Gasteiger partial charge in [-0.1, -0.05) is 57.4 Å². The lowest BCUT2D eigenvalue weighted by Crippen LogP contribution is -1.92. The molecule has 0 aromatic heterocycles. The van der Waals surface area contributed by atoms with Gasteiger partial charge in [0, 0.05) is 0 Å². The molecule has 1 unspecified atom stereocenters. The summed E-state index contributed by atoms with van der Waals surface area (Å²) >= 11 is 0. The summed E-state index contributed by atoms with van der Waals surface area (Å²) in [6.45, 7) is 4.56. The van der Waals surface area contributed by atoms with Gasteiger partial charge in [-0.3, -0.25) is 0 Å². The van der Waals surface area contributed by atoms with E-state index in [2.05, 4.69) is 32.0 Å². The normalized spacial score (nSPS) is 12.8. The van der Waals surface area contributed by atoms with Crippen LogP contribution in [0.5, 0.6) is 0 Å². The number of hydrogen-bond donors (Lipinski definition) is 0. The van der Waals surface area contributed by atoms with Crippen molar-refractivity contribution in [2.45, 2.75) is 45.4 Å². The van der Waals surface area contributed by atoms with Gasteiger partial charge in [0.15, 0.2) is 0 Å². The summed E-state index contributed by atoms with van der Waals surface area (Å²) in [6, 6.07) is 11.4. The molecule has 0 aliphatic heterocycles. The summed E-state index contributed by atoms with van der Waals surface area (Å²) in [5.74, 6) is 0.709. The van der Waals surface area contributed by atoms with Crippen LogP contribution in [-0.4, -0.2) is 0 Å². The molecule has 0 heterocycles. The van der Waals surface area contributed by atoms with Crippen LogP contribution in [0.4, 0.5) is 0 Å². The van der Waals surface area contributed by atoms with Crippen molar-refractivity contribution in [3.63, 3.8) is 0 Å². The van der Waals surface area contributed by atoms with Gasteiger partial charge in [-0.05, 0) is 24.0 Å². The van der Waals surface area contributed by atoms with E-state index in [1.54, 1.807) is 0 Å².